The Morgan fingerprint density at radius 2 is 2.19 bits per heavy atom. The first-order chi connectivity index (χ1) is 12.5. The summed E-state index contributed by atoms with van der Waals surface area (Å²) < 4.78 is 0. The summed E-state index contributed by atoms with van der Waals surface area (Å²) in [5.74, 6) is -0.346. The van der Waals surface area contributed by atoms with Crippen molar-refractivity contribution in [1.29, 1.82) is 0 Å². The minimum Gasteiger partial charge on any atom is -0.383 e. The lowest BCUT2D eigenvalue weighted by Gasteiger charge is -2.28. The molecule has 1 aromatic carbocycles. The summed E-state index contributed by atoms with van der Waals surface area (Å²) in [5, 5.41) is 20.0. The Morgan fingerprint density at radius 3 is 2.92 bits per heavy atom. The van der Waals surface area contributed by atoms with Crippen LogP contribution in [0.25, 0.3) is 10.9 Å². The first-order valence-electron chi connectivity index (χ1n) is 8.41. The summed E-state index contributed by atoms with van der Waals surface area (Å²) in [6.45, 7) is 0.456. The monoisotopic (exact) mass is 355 g/mol. The van der Waals surface area contributed by atoms with E-state index in [4.69, 9.17) is 0 Å². The summed E-state index contributed by atoms with van der Waals surface area (Å²) in [4.78, 5) is 38.9. The maximum Gasteiger partial charge on any atom is 0.322 e. The van der Waals surface area contributed by atoms with Crippen LogP contribution in [0.3, 0.4) is 0 Å². The minimum atomic E-state index is -0.867. The van der Waals surface area contributed by atoms with Gasteiger partial charge in [0.25, 0.3) is 11.6 Å². The Balaban J connectivity index is 1.61. The van der Waals surface area contributed by atoms with Crippen LogP contribution in [0.5, 0.6) is 0 Å². The summed E-state index contributed by atoms with van der Waals surface area (Å²) in [7, 11) is 0. The van der Waals surface area contributed by atoms with Gasteiger partial charge in [-0.05, 0) is 31.0 Å². The highest BCUT2D eigenvalue weighted by atomic mass is 16.6. The summed E-state index contributed by atoms with van der Waals surface area (Å²) in [6.07, 6.45) is 3.84. The number of nitro benzene ring substituents is 1. The second-order valence-electron chi connectivity index (χ2n) is 6.64. The van der Waals surface area contributed by atoms with Gasteiger partial charge in [-0.25, -0.2) is 4.79 Å². The zero-order chi connectivity index (χ0) is 18.3. The van der Waals surface area contributed by atoms with Gasteiger partial charge in [-0.3, -0.25) is 25.2 Å². The average Bonchev–Trinajstić information content (AvgIpc) is 3.15. The number of hydrogen-bond acceptors (Lipinski definition) is 6. The van der Waals surface area contributed by atoms with Gasteiger partial charge in [0, 0.05) is 24.7 Å². The number of pyridine rings is 1. The SMILES string of the molecule is O=C1NC(=O)C2(CCCC2CNc2ccc([N+](=O)[O-])c3cccnc23)N1. The van der Waals surface area contributed by atoms with Crippen LogP contribution in [0.4, 0.5) is 16.2 Å². The van der Waals surface area contributed by atoms with Gasteiger partial charge in [0.15, 0.2) is 0 Å². The molecule has 1 saturated heterocycles. The molecule has 1 aliphatic heterocycles. The van der Waals surface area contributed by atoms with E-state index in [9.17, 15) is 19.7 Å². The molecular weight excluding hydrogens is 338 g/mol. The van der Waals surface area contributed by atoms with Crippen molar-refractivity contribution in [3.8, 4) is 0 Å². The molecule has 1 saturated carbocycles. The highest BCUT2D eigenvalue weighted by Gasteiger charge is 2.54. The molecule has 2 heterocycles. The largest absolute Gasteiger partial charge is 0.383 e. The number of non-ortho nitro benzene ring substituents is 1. The number of amides is 3. The number of benzene rings is 1. The molecule has 0 bridgehead atoms. The molecule has 1 aromatic heterocycles. The van der Waals surface area contributed by atoms with E-state index in [0.29, 0.717) is 29.6 Å². The second-order valence-corrected chi connectivity index (χ2v) is 6.64. The van der Waals surface area contributed by atoms with Crippen molar-refractivity contribution >= 4 is 34.2 Å². The van der Waals surface area contributed by atoms with E-state index in [1.54, 1.807) is 24.4 Å². The number of fused-ring (bicyclic) bond motifs is 1. The number of hydrogen-bond donors (Lipinski definition) is 3. The number of rotatable bonds is 4. The molecule has 9 heteroatoms. The highest BCUT2D eigenvalue weighted by molar-refractivity contribution is 6.07. The molecule has 2 fully saturated rings. The number of carbonyl (C=O) groups is 2. The summed E-state index contributed by atoms with van der Waals surface area (Å²) in [6, 6.07) is 5.93. The number of aromatic nitrogens is 1. The molecule has 9 nitrogen and oxygen atoms in total. The van der Waals surface area contributed by atoms with Crippen molar-refractivity contribution < 1.29 is 14.5 Å². The molecule has 1 aliphatic carbocycles. The molecule has 26 heavy (non-hydrogen) atoms. The molecular formula is C17H17N5O4. The normalized spacial score (nSPS) is 24.7. The Kier molecular flexibility index (Phi) is 3.71. The Bertz CT molecular complexity index is 931. The molecule has 1 spiro atoms. The fourth-order valence-electron chi connectivity index (χ4n) is 4.02. The third-order valence-electron chi connectivity index (χ3n) is 5.27. The van der Waals surface area contributed by atoms with Gasteiger partial charge in [0.2, 0.25) is 0 Å². The van der Waals surface area contributed by atoms with Crippen molar-refractivity contribution in [3.05, 3.63) is 40.6 Å². The number of carbonyl (C=O) groups excluding carboxylic acids is 2. The first-order valence-corrected chi connectivity index (χ1v) is 8.41. The van der Waals surface area contributed by atoms with Crippen LogP contribution in [0.15, 0.2) is 30.5 Å². The number of urea groups is 1. The zero-order valence-corrected chi connectivity index (χ0v) is 13.8. The standard InChI is InChI=1S/C17H17N5O4/c23-15-17(21-16(24)20-15)7-1-3-10(17)9-19-12-5-6-13(22(25)26)11-4-2-8-18-14(11)12/h2,4-6,8,10,19H,1,3,7,9H2,(H2,20,21,23,24). The predicted molar refractivity (Wildman–Crippen MR) is 93.6 cm³/mol. The van der Waals surface area contributed by atoms with Crippen LogP contribution in [0.1, 0.15) is 19.3 Å². The van der Waals surface area contributed by atoms with E-state index in [2.05, 4.69) is 20.9 Å². The third-order valence-corrected chi connectivity index (χ3v) is 5.27. The number of nitrogens with one attached hydrogen (secondary N) is 3. The van der Waals surface area contributed by atoms with Crippen LogP contribution in [0.2, 0.25) is 0 Å². The van der Waals surface area contributed by atoms with Crippen LogP contribution in [-0.2, 0) is 4.79 Å². The number of imide groups is 1. The van der Waals surface area contributed by atoms with Crippen LogP contribution < -0.4 is 16.0 Å². The lowest BCUT2D eigenvalue weighted by atomic mass is 9.87. The van der Waals surface area contributed by atoms with Crippen molar-refractivity contribution in [2.24, 2.45) is 5.92 Å². The van der Waals surface area contributed by atoms with Crippen molar-refractivity contribution in [2.45, 2.75) is 24.8 Å². The molecule has 2 aliphatic rings. The fraction of sp³-hybridized carbons (Fsp3) is 0.353. The molecule has 3 N–H and O–H groups in total. The summed E-state index contributed by atoms with van der Waals surface area (Å²) in [5.41, 5.74) is 0.304. The quantitative estimate of drug-likeness (QED) is 0.437. The van der Waals surface area contributed by atoms with Gasteiger partial charge in [-0.1, -0.05) is 6.42 Å². The van der Waals surface area contributed by atoms with E-state index in [0.717, 1.165) is 12.8 Å². The molecule has 134 valence electrons. The number of anilines is 1. The lowest BCUT2D eigenvalue weighted by Crippen LogP contribution is -2.51. The Morgan fingerprint density at radius 1 is 1.35 bits per heavy atom. The predicted octanol–water partition coefficient (Wildman–Crippen LogP) is 1.93. The van der Waals surface area contributed by atoms with E-state index in [-0.39, 0.29) is 17.5 Å². The van der Waals surface area contributed by atoms with Gasteiger partial charge in [0.05, 0.1) is 16.0 Å². The van der Waals surface area contributed by atoms with E-state index >= 15 is 0 Å². The van der Waals surface area contributed by atoms with E-state index in [1.165, 1.54) is 6.07 Å². The molecule has 4 rings (SSSR count). The van der Waals surface area contributed by atoms with Gasteiger partial charge in [-0.15, -0.1) is 0 Å². The zero-order valence-electron chi connectivity index (χ0n) is 13.8. The highest BCUT2D eigenvalue weighted by Crippen LogP contribution is 2.38. The number of nitro groups is 1. The van der Waals surface area contributed by atoms with Crippen LogP contribution >= 0.6 is 0 Å². The maximum atomic E-state index is 12.3. The minimum absolute atomic E-state index is 0.00146. The van der Waals surface area contributed by atoms with E-state index < -0.39 is 16.5 Å². The van der Waals surface area contributed by atoms with Gasteiger partial charge < -0.3 is 10.6 Å². The Hall–Kier alpha value is -3.23. The van der Waals surface area contributed by atoms with Crippen LogP contribution in [-0.4, -0.2) is 33.9 Å². The topological polar surface area (TPSA) is 126 Å². The number of nitrogens with zero attached hydrogens (tertiary/aromatic N) is 2. The van der Waals surface area contributed by atoms with Gasteiger partial charge in [0.1, 0.15) is 11.1 Å². The van der Waals surface area contributed by atoms with E-state index in [1.807, 2.05) is 0 Å². The second kappa shape index (κ2) is 5.94. The fourth-order valence-corrected chi connectivity index (χ4v) is 4.02. The van der Waals surface area contributed by atoms with Crippen LogP contribution in [0, 0.1) is 16.0 Å². The molecule has 2 atom stereocenters. The first kappa shape index (κ1) is 16.2. The van der Waals surface area contributed by atoms with Gasteiger partial charge in [-0.2, -0.15) is 0 Å². The molecule has 3 amide bonds. The lowest BCUT2D eigenvalue weighted by molar-refractivity contribution is -0.383. The van der Waals surface area contributed by atoms with Crippen molar-refractivity contribution in [1.82, 2.24) is 15.6 Å². The van der Waals surface area contributed by atoms with Crippen molar-refractivity contribution in [3.63, 3.8) is 0 Å². The summed E-state index contributed by atoms with van der Waals surface area (Å²) >= 11 is 0. The Labute approximate surface area is 148 Å². The third kappa shape index (κ3) is 2.43. The average molecular weight is 355 g/mol. The molecule has 2 aromatic rings. The maximum absolute atomic E-state index is 12.3. The van der Waals surface area contributed by atoms with Crippen molar-refractivity contribution in [2.75, 3.05) is 11.9 Å². The van der Waals surface area contributed by atoms with Gasteiger partial charge >= 0.3 is 6.03 Å². The molecule has 0 radical (unpaired) electrons. The molecule has 2 unspecified atom stereocenters. The smallest absolute Gasteiger partial charge is 0.322 e.